The van der Waals surface area contributed by atoms with Crippen molar-refractivity contribution in [1.29, 1.82) is 0 Å². The maximum absolute atomic E-state index is 12.0. The molecule has 4 nitrogen and oxygen atoms in total. The molecule has 1 saturated heterocycles. The summed E-state index contributed by atoms with van der Waals surface area (Å²) in [7, 11) is 1.69. The van der Waals surface area contributed by atoms with Crippen LogP contribution in [0.25, 0.3) is 0 Å². The number of nitrogens with one attached hydrogen (secondary N) is 2. The Labute approximate surface area is 120 Å². The highest BCUT2D eigenvalue weighted by Crippen LogP contribution is 2.17. The third kappa shape index (κ3) is 4.05. The van der Waals surface area contributed by atoms with Crippen LogP contribution >= 0.6 is 0 Å². The molecule has 0 aliphatic carbocycles. The van der Waals surface area contributed by atoms with Crippen molar-refractivity contribution in [1.82, 2.24) is 10.6 Å². The van der Waals surface area contributed by atoms with E-state index in [9.17, 15) is 4.79 Å². The van der Waals surface area contributed by atoms with Crippen LogP contribution in [0.2, 0.25) is 0 Å². The van der Waals surface area contributed by atoms with E-state index in [0.29, 0.717) is 12.5 Å². The van der Waals surface area contributed by atoms with Crippen molar-refractivity contribution in [3.8, 4) is 0 Å². The summed E-state index contributed by atoms with van der Waals surface area (Å²) in [6.07, 6.45) is 1.88. The van der Waals surface area contributed by atoms with Crippen LogP contribution in [-0.2, 0) is 9.53 Å². The molecule has 1 aromatic rings. The van der Waals surface area contributed by atoms with Crippen molar-refractivity contribution in [3.05, 3.63) is 35.9 Å². The van der Waals surface area contributed by atoms with Gasteiger partial charge in [0.1, 0.15) is 0 Å². The number of carbonyl (C=O) groups is 1. The number of methoxy groups -OCH3 is 1. The molecule has 0 spiro atoms. The molecule has 1 aliphatic heterocycles. The number of ether oxygens (including phenoxy) is 1. The second kappa shape index (κ2) is 7.41. The van der Waals surface area contributed by atoms with Gasteiger partial charge in [-0.15, -0.1) is 0 Å². The first kappa shape index (κ1) is 15.0. The number of rotatable bonds is 6. The predicted octanol–water partition coefficient (Wildman–Crippen LogP) is 1.67. The second-order valence-corrected chi connectivity index (χ2v) is 5.45. The fraction of sp³-hybridized carbons (Fsp3) is 0.562. The molecule has 1 fully saturated rings. The van der Waals surface area contributed by atoms with E-state index < -0.39 is 0 Å². The highest BCUT2D eigenvalue weighted by molar-refractivity contribution is 5.82. The predicted molar refractivity (Wildman–Crippen MR) is 79.7 cm³/mol. The van der Waals surface area contributed by atoms with Crippen molar-refractivity contribution >= 4 is 5.91 Å². The van der Waals surface area contributed by atoms with Crippen molar-refractivity contribution in [3.63, 3.8) is 0 Å². The molecule has 4 heteroatoms. The molecule has 1 aromatic carbocycles. The topological polar surface area (TPSA) is 50.4 Å². The number of hydrogen-bond donors (Lipinski definition) is 2. The largest absolute Gasteiger partial charge is 0.380 e. The lowest BCUT2D eigenvalue weighted by Crippen LogP contribution is -2.40. The highest BCUT2D eigenvalue weighted by atomic mass is 16.5. The van der Waals surface area contributed by atoms with Crippen LogP contribution in [-0.4, -0.2) is 38.3 Å². The van der Waals surface area contributed by atoms with Gasteiger partial charge < -0.3 is 15.4 Å². The van der Waals surface area contributed by atoms with Gasteiger partial charge in [-0.3, -0.25) is 4.79 Å². The molecule has 1 amide bonds. The van der Waals surface area contributed by atoms with Gasteiger partial charge in [0.2, 0.25) is 5.91 Å². The van der Waals surface area contributed by atoms with Gasteiger partial charge in [0.25, 0.3) is 0 Å². The minimum atomic E-state index is -0.105. The van der Waals surface area contributed by atoms with Crippen LogP contribution in [0.5, 0.6) is 0 Å². The molecule has 0 aromatic heterocycles. The zero-order valence-corrected chi connectivity index (χ0v) is 12.3. The molecule has 20 heavy (non-hydrogen) atoms. The smallest absolute Gasteiger partial charge is 0.237 e. The molecule has 110 valence electrons. The summed E-state index contributed by atoms with van der Waals surface area (Å²) in [5, 5.41) is 6.20. The van der Waals surface area contributed by atoms with Gasteiger partial charge in [-0.2, -0.15) is 0 Å². The zero-order valence-electron chi connectivity index (χ0n) is 12.3. The number of carbonyl (C=O) groups excluding carboxylic acids is 1. The first-order valence-electron chi connectivity index (χ1n) is 7.29. The Morgan fingerprint density at radius 3 is 2.85 bits per heavy atom. The normalized spacial score (nSPS) is 23.5. The van der Waals surface area contributed by atoms with E-state index >= 15 is 0 Å². The summed E-state index contributed by atoms with van der Waals surface area (Å²) < 4.78 is 5.25. The van der Waals surface area contributed by atoms with E-state index in [4.69, 9.17) is 4.74 Å². The first-order chi connectivity index (χ1) is 9.70. The molecule has 1 aliphatic rings. The maximum Gasteiger partial charge on any atom is 0.237 e. The minimum Gasteiger partial charge on any atom is -0.380 e. The van der Waals surface area contributed by atoms with Gasteiger partial charge in [0.05, 0.1) is 12.1 Å². The van der Waals surface area contributed by atoms with Crippen LogP contribution in [0.3, 0.4) is 0 Å². The van der Waals surface area contributed by atoms with E-state index in [2.05, 4.69) is 41.8 Å². The quantitative estimate of drug-likeness (QED) is 0.831. The second-order valence-electron chi connectivity index (χ2n) is 5.45. The first-order valence-corrected chi connectivity index (χ1v) is 7.29. The van der Waals surface area contributed by atoms with Crippen LogP contribution in [0.4, 0.5) is 0 Å². The SMILES string of the molecule is COC1CNC(C(=O)NCCC(C)c2ccccc2)C1. The monoisotopic (exact) mass is 276 g/mol. The zero-order chi connectivity index (χ0) is 14.4. The summed E-state index contributed by atoms with van der Waals surface area (Å²) in [4.78, 5) is 12.0. The van der Waals surface area contributed by atoms with Gasteiger partial charge in [-0.1, -0.05) is 37.3 Å². The van der Waals surface area contributed by atoms with Gasteiger partial charge >= 0.3 is 0 Å². The fourth-order valence-electron chi connectivity index (χ4n) is 2.57. The Kier molecular flexibility index (Phi) is 5.56. The molecule has 0 saturated carbocycles. The van der Waals surface area contributed by atoms with Crippen molar-refractivity contribution in [2.45, 2.75) is 37.8 Å². The highest BCUT2D eigenvalue weighted by Gasteiger charge is 2.28. The van der Waals surface area contributed by atoms with E-state index in [1.165, 1.54) is 5.56 Å². The lowest BCUT2D eigenvalue weighted by atomic mass is 9.98. The molecule has 3 atom stereocenters. The standard InChI is InChI=1S/C16H24N2O2/c1-12(13-6-4-3-5-7-13)8-9-17-16(19)15-10-14(20-2)11-18-15/h3-7,12,14-15,18H,8-11H2,1-2H3,(H,17,19). The van der Waals surface area contributed by atoms with E-state index in [1.807, 2.05) is 6.07 Å². The van der Waals surface area contributed by atoms with Crippen molar-refractivity contribution in [2.75, 3.05) is 20.2 Å². The van der Waals surface area contributed by atoms with Gasteiger partial charge in [0, 0.05) is 20.2 Å². The average molecular weight is 276 g/mol. The molecule has 2 rings (SSSR count). The van der Waals surface area contributed by atoms with E-state index in [1.54, 1.807) is 7.11 Å². The molecule has 2 N–H and O–H groups in total. The molecule has 0 bridgehead atoms. The van der Waals surface area contributed by atoms with Gasteiger partial charge in [-0.05, 0) is 24.3 Å². The Morgan fingerprint density at radius 1 is 1.45 bits per heavy atom. The van der Waals surface area contributed by atoms with Crippen LogP contribution in [0.1, 0.15) is 31.2 Å². The van der Waals surface area contributed by atoms with Crippen LogP contribution in [0, 0.1) is 0 Å². The fourth-order valence-corrected chi connectivity index (χ4v) is 2.57. The summed E-state index contributed by atoms with van der Waals surface area (Å²) in [6, 6.07) is 10.3. The van der Waals surface area contributed by atoms with Gasteiger partial charge in [0.15, 0.2) is 0 Å². The Balaban J connectivity index is 1.69. The molecule has 1 heterocycles. The molecule has 3 unspecified atom stereocenters. The Bertz CT molecular complexity index is 422. The van der Waals surface area contributed by atoms with E-state index in [-0.39, 0.29) is 18.1 Å². The Morgan fingerprint density at radius 2 is 2.20 bits per heavy atom. The number of benzene rings is 1. The maximum atomic E-state index is 12.0. The molecular formula is C16H24N2O2. The third-order valence-corrected chi connectivity index (χ3v) is 3.99. The summed E-state index contributed by atoms with van der Waals surface area (Å²) in [6.45, 7) is 3.66. The number of amides is 1. The lowest BCUT2D eigenvalue weighted by Gasteiger charge is -2.14. The van der Waals surface area contributed by atoms with E-state index in [0.717, 1.165) is 19.4 Å². The minimum absolute atomic E-state index is 0.0878. The summed E-state index contributed by atoms with van der Waals surface area (Å²) >= 11 is 0. The molecule has 0 radical (unpaired) electrons. The summed E-state index contributed by atoms with van der Waals surface area (Å²) in [5.41, 5.74) is 1.32. The average Bonchev–Trinajstić information content (AvgIpc) is 2.97. The van der Waals surface area contributed by atoms with Crippen LogP contribution in [0.15, 0.2) is 30.3 Å². The lowest BCUT2D eigenvalue weighted by molar-refractivity contribution is -0.122. The van der Waals surface area contributed by atoms with Crippen molar-refractivity contribution < 1.29 is 9.53 Å². The summed E-state index contributed by atoms with van der Waals surface area (Å²) in [5.74, 6) is 0.546. The van der Waals surface area contributed by atoms with Crippen molar-refractivity contribution in [2.24, 2.45) is 0 Å². The Hall–Kier alpha value is -1.39. The van der Waals surface area contributed by atoms with Crippen LogP contribution < -0.4 is 10.6 Å². The van der Waals surface area contributed by atoms with Gasteiger partial charge in [-0.25, -0.2) is 0 Å². The third-order valence-electron chi connectivity index (χ3n) is 3.99. The molecular weight excluding hydrogens is 252 g/mol. The number of hydrogen-bond acceptors (Lipinski definition) is 3.